The minimum absolute atomic E-state index is 0.104. The fourth-order valence-electron chi connectivity index (χ4n) is 4.27. The fraction of sp³-hybridized carbons (Fsp3) is 0.462. The second kappa shape index (κ2) is 11.9. The Bertz CT molecular complexity index is 1190. The smallest absolute Gasteiger partial charge is 0.224 e. The molecule has 0 unspecified atom stereocenters. The average molecular weight is 495 g/mol. The van der Waals surface area contributed by atoms with Crippen LogP contribution >= 0.6 is 0 Å². The van der Waals surface area contributed by atoms with E-state index in [2.05, 4.69) is 20.2 Å². The molecule has 1 aromatic carbocycles. The van der Waals surface area contributed by atoms with Crippen molar-refractivity contribution in [2.24, 2.45) is 0 Å². The Balaban J connectivity index is 1.46. The summed E-state index contributed by atoms with van der Waals surface area (Å²) in [6.45, 7) is 11.8. The van der Waals surface area contributed by atoms with Crippen molar-refractivity contribution >= 4 is 17.4 Å². The van der Waals surface area contributed by atoms with Crippen molar-refractivity contribution in [3.63, 3.8) is 0 Å². The van der Waals surface area contributed by atoms with Crippen LogP contribution in [0, 0.1) is 13.8 Å². The maximum Gasteiger partial charge on any atom is 0.224 e. The van der Waals surface area contributed by atoms with Gasteiger partial charge >= 0.3 is 0 Å². The lowest BCUT2D eigenvalue weighted by atomic mass is 10.1. The zero-order chi connectivity index (χ0) is 25.5. The molecule has 1 aliphatic heterocycles. The van der Waals surface area contributed by atoms with Crippen molar-refractivity contribution < 1.29 is 19.0 Å². The predicted molar refractivity (Wildman–Crippen MR) is 137 cm³/mol. The molecule has 10 heteroatoms. The average Bonchev–Trinajstić information content (AvgIpc) is 3.18. The van der Waals surface area contributed by atoms with Gasteiger partial charge in [0.1, 0.15) is 23.6 Å². The third-order valence-electron chi connectivity index (χ3n) is 6.07. The van der Waals surface area contributed by atoms with Crippen LogP contribution in [-0.4, -0.2) is 65.2 Å². The van der Waals surface area contributed by atoms with Crippen LogP contribution < -0.4 is 19.7 Å². The molecule has 10 nitrogen and oxygen atoms in total. The minimum Gasteiger partial charge on any atom is -0.494 e. The summed E-state index contributed by atoms with van der Waals surface area (Å²) in [5.41, 5.74) is 3.47. The van der Waals surface area contributed by atoms with E-state index in [4.69, 9.17) is 19.3 Å². The number of ether oxygens (including phenoxy) is 3. The Morgan fingerprint density at radius 1 is 1.06 bits per heavy atom. The molecule has 4 rings (SSSR count). The van der Waals surface area contributed by atoms with E-state index in [0.29, 0.717) is 62.3 Å². The molecule has 0 bridgehead atoms. The molecule has 3 aromatic rings. The summed E-state index contributed by atoms with van der Waals surface area (Å²) in [6.07, 6.45) is 2.43. The van der Waals surface area contributed by atoms with Crippen molar-refractivity contribution in [1.82, 2.24) is 19.7 Å². The first-order valence-electron chi connectivity index (χ1n) is 12.4. The van der Waals surface area contributed by atoms with Crippen LogP contribution in [0.3, 0.4) is 0 Å². The Labute approximate surface area is 211 Å². The van der Waals surface area contributed by atoms with Gasteiger partial charge in [-0.15, -0.1) is 0 Å². The number of nitrogens with zero attached hydrogens (tertiary/aromatic N) is 5. The number of anilines is 2. The number of hydrogen-bond acceptors (Lipinski definition) is 8. The van der Waals surface area contributed by atoms with Gasteiger partial charge in [-0.05, 0) is 51.8 Å². The Hall–Kier alpha value is -3.66. The topological polar surface area (TPSA) is 104 Å². The molecule has 192 valence electrons. The summed E-state index contributed by atoms with van der Waals surface area (Å²) in [6, 6.07) is 7.39. The van der Waals surface area contributed by atoms with Gasteiger partial charge in [-0.25, -0.2) is 14.6 Å². The number of aromatic nitrogens is 4. The normalized spacial score (nSPS) is 13.5. The second-order valence-corrected chi connectivity index (χ2v) is 8.47. The van der Waals surface area contributed by atoms with Crippen molar-refractivity contribution in [3.8, 4) is 17.3 Å². The number of amides is 1. The maximum atomic E-state index is 12.9. The largest absolute Gasteiger partial charge is 0.494 e. The lowest BCUT2D eigenvalue weighted by Crippen LogP contribution is -2.36. The molecule has 1 aliphatic rings. The summed E-state index contributed by atoms with van der Waals surface area (Å²) in [7, 11) is 0. The van der Waals surface area contributed by atoms with E-state index in [1.165, 1.54) is 0 Å². The molecule has 1 fully saturated rings. The van der Waals surface area contributed by atoms with Gasteiger partial charge in [-0.3, -0.25) is 4.79 Å². The third-order valence-corrected chi connectivity index (χ3v) is 6.07. The van der Waals surface area contributed by atoms with Gasteiger partial charge in [-0.1, -0.05) is 0 Å². The Morgan fingerprint density at radius 2 is 1.81 bits per heavy atom. The van der Waals surface area contributed by atoms with E-state index < -0.39 is 0 Å². The van der Waals surface area contributed by atoms with Crippen LogP contribution in [-0.2, 0) is 16.0 Å². The number of carbonyl (C=O) groups is 1. The number of rotatable bonds is 10. The first-order valence-corrected chi connectivity index (χ1v) is 12.4. The van der Waals surface area contributed by atoms with Gasteiger partial charge in [-0.2, -0.15) is 5.10 Å². The number of benzene rings is 1. The quantitative estimate of drug-likeness (QED) is 0.457. The minimum atomic E-state index is -0.104. The number of hydrogen-bond donors (Lipinski definition) is 1. The van der Waals surface area contributed by atoms with E-state index in [-0.39, 0.29) is 5.91 Å². The van der Waals surface area contributed by atoms with Crippen molar-refractivity contribution in [2.75, 3.05) is 49.7 Å². The zero-order valence-corrected chi connectivity index (χ0v) is 21.4. The monoisotopic (exact) mass is 494 g/mol. The van der Waals surface area contributed by atoms with Gasteiger partial charge < -0.3 is 24.4 Å². The van der Waals surface area contributed by atoms with Crippen LogP contribution in [0.4, 0.5) is 11.5 Å². The fourth-order valence-corrected chi connectivity index (χ4v) is 4.27. The van der Waals surface area contributed by atoms with E-state index in [1.54, 1.807) is 12.4 Å². The zero-order valence-electron chi connectivity index (χ0n) is 21.4. The van der Waals surface area contributed by atoms with Crippen molar-refractivity contribution in [3.05, 3.63) is 47.5 Å². The molecule has 0 aliphatic carbocycles. The van der Waals surface area contributed by atoms with E-state index in [1.807, 2.05) is 50.6 Å². The van der Waals surface area contributed by atoms with Gasteiger partial charge in [0.05, 0.1) is 37.8 Å². The summed E-state index contributed by atoms with van der Waals surface area (Å²) >= 11 is 0. The molecular formula is C26H34N6O4. The number of morpholine rings is 1. The van der Waals surface area contributed by atoms with Crippen molar-refractivity contribution in [2.45, 2.75) is 40.5 Å². The highest BCUT2D eigenvalue weighted by Crippen LogP contribution is 2.30. The molecule has 0 radical (unpaired) electrons. The lowest BCUT2D eigenvalue weighted by molar-refractivity contribution is -0.116. The molecule has 0 spiro atoms. The standard InChI is InChI=1S/C26H34N6O4/c1-5-35-20-7-9-23(36-6-2)22(15-20)29-26(33)10-8-21-18(3)30-32(19(21)4)25-16-24(27-17-28-25)31-11-13-34-14-12-31/h7,9,15-17H,5-6,8,10-14H2,1-4H3,(H,29,33). The Morgan fingerprint density at radius 3 is 2.56 bits per heavy atom. The van der Waals surface area contributed by atoms with Gasteiger partial charge in [0, 0.05) is 37.3 Å². The highest BCUT2D eigenvalue weighted by Gasteiger charge is 2.18. The summed E-state index contributed by atoms with van der Waals surface area (Å²) in [5, 5.41) is 7.69. The molecule has 3 heterocycles. The number of aryl methyl sites for hydroxylation is 1. The van der Waals surface area contributed by atoms with Gasteiger partial charge in [0.15, 0.2) is 5.82 Å². The second-order valence-electron chi connectivity index (χ2n) is 8.47. The van der Waals surface area contributed by atoms with E-state index in [9.17, 15) is 4.79 Å². The van der Waals surface area contributed by atoms with Crippen LogP contribution in [0.25, 0.3) is 5.82 Å². The van der Waals surface area contributed by atoms with Gasteiger partial charge in [0.2, 0.25) is 5.91 Å². The molecule has 2 aromatic heterocycles. The summed E-state index contributed by atoms with van der Waals surface area (Å²) < 4.78 is 18.5. The number of carbonyl (C=O) groups excluding carboxylic acids is 1. The van der Waals surface area contributed by atoms with Crippen LogP contribution in [0.15, 0.2) is 30.6 Å². The van der Waals surface area contributed by atoms with E-state index in [0.717, 1.165) is 35.9 Å². The van der Waals surface area contributed by atoms with Gasteiger partial charge in [0.25, 0.3) is 0 Å². The lowest BCUT2D eigenvalue weighted by Gasteiger charge is -2.27. The highest BCUT2D eigenvalue weighted by molar-refractivity contribution is 5.92. The summed E-state index contributed by atoms with van der Waals surface area (Å²) in [5.74, 6) is 2.76. The van der Waals surface area contributed by atoms with Crippen molar-refractivity contribution in [1.29, 1.82) is 0 Å². The summed E-state index contributed by atoms with van der Waals surface area (Å²) in [4.78, 5) is 23.9. The van der Waals surface area contributed by atoms with Crippen LogP contribution in [0.5, 0.6) is 11.5 Å². The molecular weight excluding hydrogens is 460 g/mol. The van der Waals surface area contributed by atoms with E-state index >= 15 is 0 Å². The molecule has 0 atom stereocenters. The molecule has 1 saturated heterocycles. The maximum absolute atomic E-state index is 12.9. The first kappa shape index (κ1) is 25.4. The highest BCUT2D eigenvalue weighted by atomic mass is 16.5. The number of nitrogens with one attached hydrogen (secondary N) is 1. The molecule has 0 saturated carbocycles. The van der Waals surface area contributed by atoms with Crippen LogP contribution in [0.1, 0.15) is 37.2 Å². The predicted octanol–water partition coefficient (Wildman–Crippen LogP) is 3.48. The Kier molecular flexibility index (Phi) is 8.37. The third kappa shape index (κ3) is 5.93. The van der Waals surface area contributed by atoms with Crippen LogP contribution in [0.2, 0.25) is 0 Å². The SMILES string of the molecule is CCOc1ccc(OCC)c(NC(=O)CCc2c(C)nn(-c3cc(N4CCOCC4)ncn3)c2C)c1. The molecule has 1 amide bonds. The first-order chi connectivity index (χ1) is 17.5. The molecule has 1 N–H and O–H groups in total. The molecule has 36 heavy (non-hydrogen) atoms.